The summed E-state index contributed by atoms with van der Waals surface area (Å²) >= 11 is 5.76. The van der Waals surface area contributed by atoms with Gasteiger partial charge in [-0.3, -0.25) is 0 Å². The molecule has 1 N–H and O–H groups in total. The first-order valence-electron chi connectivity index (χ1n) is 3.86. The Balaban J connectivity index is 3.15. The first-order valence-corrected chi connectivity index (χ1v) is 4.24. The van der Waals surface area contributed by atoms with Gasteiger partial charge >= 0.3 is 0 Å². The molecule has 0 unspecified atom stereocenters. The molecule has 0 saturated carbocycles. The number of methoxy groups -OCH3 is 1. The minimum absolute atomic E-state index is 0.119. The molecule has 0 aliphatic heterocycles. The van der Waals surface area contributed by atoms with Gasteiger partial charge in [0.15, 0.2) is 0 Å². The van der Waals surface area contributed by atoms with Gasteiger partial charge in [-0.2, -0.15) is 0 Å². The van der Waals surface area contributed by atoms with E-state index in [2.05, 4.69) is 5.32 Å². The predicted molar refractivity (Wildman–Crippen MR) is 50.7 cm³/mol. The van der Waals surface area contributed by atoms with E-state index in [1.165, 1.54) is 13.2 Å². The average molecular weight is 204 g/mol. The number of hydrogen-bond acceptors (Lipinski definition) is 2. The summed E-state index contributed by atoms with van der Waals surface area (Å²) in [4.78, 5) is 0. The molecule has 13 heavy (non-hydrogen) atoms. The number of halogens is 2. The van der Waals surface area contributed by atoms with Crippen LogP contribution in [0.25, 0.3) is 0 Å². The third-order valence-corrected chi connectivity index (χ3v) is 2.14. The molecule has 0 heterocycles. The molecule has 1 aromatic rings. The van der Waals surface area contributed by atoms with Gasteiger partial charge in [-0.1, -0.05) is 11.6 Å². The highest BCUT2D eigenvalue weighted by Gasteiger charge is 2.10. The third-order valence-electron chi connectivity index (χ3n) is 1.73. The molecule has 0 aromatic heterocycles. The summed E-state index contributed by atoms with van der Waals surface area (Å²) in [5, 5.41) is 3.01. The normalized spacial score (nSPS) is 10.2. The first kappa shape index (κ1) is 10.3. The second kappa shape index (κ2) is 4.44. The van der Waals surface area contributed by atoms with E-state index in [1.54, 1.807) is 13.1 Å². The molecule has 0 radical (unpaired) electrons. The highest BCUT2D eigenvalue weighted by Crippen LogP contribution is 2.28. The van der Waals surface area contributed by atoms with Crippen molar-refractivity contribution in [2.45, 2.75) is 6.54 Å². The predicted octanol–water partition coefficient (Wildman–Crippen LogP) is 2.21. The highest BCUT2D eigenvalue weighted by molar-refractivity contribution is 6.31. The number of benzene rings is 1. The van der Waals surface area contributed by atoms with Gasteiger partial charge in [0.25, 0.3) is 0 Å². The van der Waals surface area contributed by atoms with Crippen LogP contribution in [0.3, 0.4) is 0 Å². The molecule has 4 heteroatoms. The maximum atomic E-state index is 13.0. The molecule has 0 atom stereocenters. The molecule has 0 amide bonds. The van der Waals surface area contributed by atoms with E-state index in [0.29, 0.717) is 17.9 Å². The lowest BCUT2D eigenvalue weighted by Gasteiger charge is -2.09. The lowest BCUT2D eigenvalue weighted by molar-refractivity contribution is 0.407. The lowest BCUT2D eigenvalue weighted by atomic mass is 10.2. The molecular formula is C9H11ClFNO. The van der Waals surface area contributed by atoms with Crippen molar-refractivity contribution in [3.05, 3.63) is 28.5 Å². The molecule has 0 aliphatic carbocycles. The summed E-state index contributed by atoms with van der Waals surface area (Å²) in [6, 6.07) is 2.86. The molecule has 72 valence electrons. The van der Waals surface area contributed by atoms with Crippen LogP contribution in [0.4, 0.5) is 4.39 Å². The summed E-state index contributed by atoms with van der Waals surface area (Å²) in [6.07, 6.45) is 0. The largest absolute Gasteiger partial charge is 0.496 e. The van der Waals surface area contributed by atoms with E-state index in [4.69, 9.17) is 16.3 Å². The van der Waals surface area contributed by atoms with Crippen molar-refractivity contribution >= 4 is 11.6 Å². The number of rotatable bonds is 3. The monoisotopic (exact) mass is 203 g/mol. The van der Waals surface area contributed by atoms with E-state index in [1.807, 2.05) is 0 Å². The van der Waals surface area contributed by atoms with Crippen LogP contribution in [0.1, 0.15) is 5.56 Å². The molecule has 0 aliphatic rings. The zero-order valence-corrected chi connectivity index (χ0v) is 8.28. The summed E-state index contributed by atoms with van der Waals surface area (Å²) in [5.41, 5.74) is 0.645. The van der Waals surface area contributed by atoms with Gasteiger partial charge in [0.1, 0.15) is 11.6 Å². The summed E-state index contributed by atoms with van der Waals surface area (Å²) < 4.78 is 18.0. The molecule has 0 bridgehead atoms. The molecule has 0 spiro atoms. The van der Waals surface area contributed by atoms with Crippen molar-refractivity contribution in [1.29, 1.82) is 0 Å². The van der Waals surface area contributed by atoms with Crippen LogP contribution in [0.2, 0.25) is 5.02 Å². The molecule has 1 aromatic carbocycles. The quantitative estimate of drug-likeness (QED) is 0.814. The second-order valence-electron chi connectivity index (χ2n) is 2.57. The Morgan fingerprint density at radius 3 is 2.77 bits per heavy atom. The van der Waals surface area contributed by atoms with Crippen LogP contribution in [0.15, 0.2) is 12.1 Å². The zero-order chi connectivity index (χ0) is 9.84. The van der Waals surface area contributed by atoms with Crippen molar-refractivity contribution < 1.29 is 9.13 Å². The van der Waals surface area contributed by atoms with Gasteiger partial charge in [0.2, 0.25) is 0 Å². The highest BCUT2D eigenvalue weighted by atomic mass is 35.5. The van der Waals surface area contributed by atoms with Gasteiger partial charge in [0, 0.05) is 12.1 Å². The summed E-state index contributed by atoms with van der Waals surface area (Å²) in [6.45, 7) is 0.486. The Labute approximate surface area is 81.7 Å². The Bertz CT molecular complexity index is 304. The Morgan fingerprint density at radius 1 is 1.54 bits per heavy atom. The van der Waals surface area contributed by atoms with Crippen LogP contribution in [0.5, 0.6) is 5.75 Å². The third kappa shape index (κ3) is 2.11. The van der Waals surface area contributed by atoms with Gasteiger partial charge in [-0.15, -0.1) is 0 Å². The van der Waals surface area contributed by atoms with Crippen LogP contribution in [-0.2, 0) is 6.54 Å². The minimum Gasteiger partial charge on any atom is -0.496 e. The maximum Gasteiger partial charge on any atom is 0.142 e. The molecule has 2 nitrogen and oxygen atoms in total. The van der Waals surface area contributed by atoms with Gasteiger partial charge in [-0.25, -0.2) is 4.39 Å². The van der Waals surface area contributed by atoms with E-state index in [9.17, 15) is 4.39 Å². The topological polar surface area (TPSA) is 21.3 Å². The van der Waals surface area contributed by atoms with E-state index >= 15 is 0 Å². The van der Waals surface area contributed by atoms with Gasteiger partial charge in [0.05, 0.1) is 12.1 Å². The average Bonchev–Trinajstić information content (AvgIpc) is 2.14. The fraction of sp³-hybridized carbons (Fsp3) is 0.333. The fourth-order valence-electron chi connectivity index (χ4n) is 1.11. The van der Waals surface area contributed by atoms with Crippen molar-refractivity contribution in [3.63, 3.8) is 0 Å². The van der Waals surface area contributed by atoms with Crippen molar-refractivity contribution in [2.75, 3.05) is 14.2 Å². The van der Waals surface area contributed by atoms with Crippen LogP contribution in [-0.4, -0.2) is 14.2 Å². The number of ether oxygens (including phenoxy) is 1. The SMILES string of the molecule is CNCc1c(OC)ccc(F)c1Cl. The number of hydrogen-bond donors (Lipinski definition) is 1. The van der Waals surface area contributed by atoms with E-state index in [-0.39, 0.29) is 5.02 Å². The minimum atomic E-state index is -0.423. The van der Waals surface area contributed by atoms with Gasteiger partial charge < -0.3 is 10.1 Å². The Hall–Kier alpha value is -0.800. The first-order chi connectivity index (χ1) is 6.20. The van der Waals surface area contributed by atoms with Crippen LogP contribution >= 0.6 is 11.6 Å². The van der Waals surface area contributed by atoms with Crippen LogP contribution in [0, 0.1) is 5.82 Å². The zero-order valence-electron chi connectivity index (χ0n) is 7.53. The summed E-state index contributed by atoms with van der Waals surface area (Å²) in [5.74, 6) is 0.175. The Morgan fingerprint density at radius 2 is 2.23 bits per heavy atom. The van der Waals surface area contributed by atoms with Crippen LogP contribution < -0.4 is 10.1 Å². The van der Waals surface area contributed by atoms with Crippen molar-refractivity contribution in [1.82, 2.24) is 5.32 Å². The molecular weight excluding hydrogens is 193 g/mol. The van der Waals surface area contributed by atoms with Gasteiger partial charge in [-0.05, 0) is 19.2 Å². The molecule has 1 rings (SSSR count). The fourth-order valence-corrected chi connectivity index (χ4v) is 1.33. The van der Waals surface area contributed by atoms with E-state index < -0.39 is 5.82 Å². The van der Waals surface area contributed by atoms with Crippen molar-refractivity contribution in [3.8, 4) is 5.75 Å². The summed E-state index contributed by atoms with van der Waals surface area (Å²) in [7, 11) is 3.30. The van der Waals surface area contributed by atoms with Crippen molar-refractivity contribution in [2.24, 2.45) is 0 Å². The molecule has 0 fully saturated rings. The smallest absolute Gasteiger partial charge is 0.142 e. The molecule has 0 saturated heterocycles. The standard InChI is InChI=1S/C9H11ClFNO/c1-12-5-6-8(13-2)4-3-7(11)9(6)10/h3-4,12H,5H2,1-2H3. The Kier molecular flexibility index (Phi) is 3.51. The second-order valence-corrected chi connectivity index (χ2v) is 2.95. The maximum absolute atomic E-state index is 13.0. The number of nitrogens with one attached hydrogen (secondary N) is 1. The van der Waals surface area contributed by atoms with E-state index in [0.717, 1.165) is 0 Å². The lowest BCUT2D eigenvalue weighted by Crippen LogP contribution is -2.08.